The van der Waals surface area contributed by atoms with E-state index in [9.17, 15) is 0 Å². The van der Waals surface area contributed by atoms with Crippen molar-refractivity contribution in [3.8, 4) is 0 Å². The van der Waals surface area contributed by atoms with Crippen molar-refractivity contribution < 1.29 is 0 Å². The fraction of sp³-hybridized carbons (Fsp3) is 0.538. The summed E-state index contributed by atoms with van der Waals surface area (Å²) in [5.74, 6) is 0. The van der Waals surface area contributed by atoms with Gasteiger partial charge in [0.15, 0.2) is 0 Å². The summed E-state index contributed by atoms with van der Waals surface area (Å²) < 4.78 is 0. The van der Waals surface area contributed by atoms with E-state index in [-0.39, 0.29) is 5.54 Å². The summed E-state index contributed by atoms with van der Waals surface area (Å²) in [6.45, 7) is 7.70. The van der Waals surface area contributed by atoms with Crippen molar-refractivity contribution in [3.63, 3.8) is 0 Å². The van der Waals surface area contributed by atoms with Crippen LogP contribution in [-0.4, -0.2) is 12.1 Å². The summed E-state index contributed by atoms with van der Waals surface area (Å²) in [6.07, 6.45) is 2.16. The molecule has 1 aromatic carbocycles. The molecule has 1 atom stereocenters. The molecule has 3 nitrogen and oxygen atoms in total. The number of nitrogens with two attached hydrogens (primary N) is 2. The molecule has 0 saturated heterocycles. The Kier molecular flexibility index (Phi) is 2.49. The molecule has 88 valence electrons. The molecule has 0 amide bonds. The normalized spacial score (nSPS) is 23.6. The number of hydrogen-bond acceptors (Lipinski definition) is 3. The highest BCUT2D eigenvalue weighted by molar-refractivity contribution is 5.79. The summed E-state index contributed by atoms with van der Waals surface area (Å²) in [5, 5.41) is 0. The first-order chi connectivity index (χ1) is 7.51. The largest absolute Gasteiger partial charge is 0.399 e. The van der Waals surface area contributed by atoms with E-state index in [1.54, 1.807) is 0 Å². The lowest BCUT2D eigenvalue weighted by molar-refractivity contribution is 0.434. The molecule has 3 heteroatoms. The number of nitrogens with zero attached hydrogens (tertiary/aromatic N) is 1. The first kappa shape index (κ1) is 11.1. The van der Waals surface area contributed by atoms with E-state index in [2.05, 4.69) is 31.7 Å². The molecule has 0 aliphatic carbocycles. The van der Waals surface area contributed by atoms with Gasteiger partial charge >= 0.3 is 0 Å². The molecule has 1 unspecified atom stereocenters. The first-order valence-electron chi connectivity index (χ1n) is 5.97. The Labute approximate surface area is 97.4 Å². The van der Waals surface area contributed by atoms with Crippen molar-refractivity contribution in [2.75, 3.05) is 22.9 Å². The first-order valence-corrected chi connectivity index (χ1v) is 5.97. The van der Waals surface area contributed by atoms with Crippen molar-refractivity contribution in [1.29, 1.82) is 0 Å². The Morgan fingerprint density at radius 1 is 1.31 bits per heavy atom. The van der Waals surface area contributed by atoms with E-state index in [0.717, 1.165) is 30.8 Å². The quantitative estimate of drug-likeness (QED) is 0.751. The maximum absolute atomic E-state index is 6.09. The number of rotatable bonds is 2. The van der Waals surface area contributed by atoms with Gasteiger partial charge in [0.2, 0.25) is 0 Å². The lowest BCUT2D eigenvalue weighted by Gasteiger charge is -2.36. The van der Waals surface area contributed by atoms with Crippen LogP contribution in [-0.2, 0) is 6.42 Å². The minimum Gasteiger partial charge on any atom is -0.399 e. The van der Waals surface area contributed by atoms with E-state index < -0.39 is 0 Å². The molecule has 2 rings (SSSR count). The molecule has 4 N–H and O–H groups in total. The van der Waals surface area contributed by atoms with Crippen LogP contribution in [0.15, 0.2) is 12.1 Å². The van der Waals surface area contributed by atoms with Crippen molar-refractivity contribution in [2.24, 2.45) is 0 Å². The van der Waals surface area contributed by atoms with Crippen LogP contribution < -0.4 is 16.4 Å². The average Bonchev–Trinajstić information content (AvgIpc) is 2.50. The molecule has 0 spiro atoms. The topological polar surface area (TPSA) is 55.3 Å². The molecule has 0 aromatic heterocycles. The van der Waals surface area contributed by atoms with E-state index in [1.165, 1.54) is 11.3 Å². The summed E-state index contributed by atoms with van der Waals surface area (Å²) in [5.41, 5.74) is 16.2. The Morgan fingerprint density at radius 2 is 2.00 bits per heavy atom. The number of likely N-dealkylation sites (N-methyl/N-ethyl adjacent to an activating group) is 1. The standard InChI is InChI=1S/C13H21N3/c1-4-13(3)8-9-6-10(14)7-11(15)12(9)16(13)5-2/h6-7H,4-5,8,14-15H2,1-3H3. The van der Waals surface area contributed by atoms with Gasteiger partial charge in [-0.3, -0.25) is 0 Å². The third kappa shape index (κ3) is 1.42. The van der Waals surface area contributed by atoms with Gasteiger partial charge in [0.25, 0.3) is 0 Å². The van der Waals surface area contributed by atoms with Gasteiger partial charge in [-0.25, -0.2) is 0 Å². The van der Waals surface area contributed by atoms with Crippen LogP contribution in [0.5, 0.6) is 0 Å². The van der Waals surface area contributed by atoms with E-state index in [1.807, 2.05) is 6.07 Å². The maximum Gasteiger partial charge on any atom is 0.0639 e. The highest BCUT2D eigenvalue weighted by Crippen LogP contribution is 2.44. The van der Waals surface area contributed by atoms with Gasteiger partial charge in [0.05, 0.1) is 11.4 Å². The second-order valence-electron chi connectivity index (χ2n) is 4.89. The zero-order chi connectivity index (χ0) is 11.9. The van der Waals surface area contributed by atoms with Crippen molar-refractivity contribution in [1.82, 2.24) is 0 Å². The zero-order valence-corrected chi connectivity index (χ0v) is 10.4. The van der Waals surface area contributed by atoms with Crippen LogP contribution in [0.2, 0.25) is 0 Å². The van der Waals surface area contributed by atoms with Gasteiger partial charge in [-0.2, -0.15) is 0 Å². The second kappa shape index (κ2) is 3.58. The van der Waals surface area contributed by atoms with Gasteiger partial charge in [-0.15, -0.1) is 0 Å². The highest BCUT2D eigenvalue weighted by atomic mass is 15.2. The number of fused-ring (bicyclic) bond motifs is 1. The van der Waals surface area contributed by atoms with Crippen LogP contribution in [0.3, 0.4) is 0 Å². The third-order valence-electron chi connectivity index (χ3n) is 3.81. The molecule has 1 aliphatic rings. The van der Waals surface area contributed by atoms with Gasteiger partial charge < -0.3 is 16.4 Å². The Balaban J connectivity index is 2.55. The fourth-order valence-corrected chi connectivity index (χ4v) is 2.84. The number of benzene rings is 1. The van der Waals surface area contributed by atoms with E-state index in [4.69, 9.17) is 11.5 Å². The molecule has 1 heterocycles. The number of anilines is 3. The highest BCUT2D eigenvalue weighted by Gasteiger charge is 2.38. The molecule has 0 radical (unpaired) electrons. The van der Waals surface area contributed by atoms with Gasteiger partial charge in [0.1, 0.15) is 0 Å². The molecule has 1 aromatic rings. The average molecular weight is 219 g/mol. The van der Waals surface area contributed by atoms with Gasteiger partial charge in [-0.1, -0.05) is 6.92 Å². The monoisotopic (exact) mass is 219 g/mol. The Hall–Kier alpha value is -1.38. The molecule has 0 fully saturated rings. The van der Waals surface area contributed by atoms with Gasteiger partial charge in [0, 0.05) is 17.8 Å². The summed E-state index contributed by atoms with van der Waals surface area (Å²) in [7, 11) is 0. The number of hydrogen-bond donors (Lipinski definition) is 2. The minimum atomic E-state index is 0.193. The van der Waals surface area contributed by atoms with Crippen LogP contribution >= 0.6 is 0 Å². The molecular formula is C13H21N3. The van der Waals surface area contributed by atoms with Crippen molar-refractivity contribution in [3.05, 3.63) is 17.7 Å². The van der Waals surface area contributed by atoms with Crippen LogP contribution in [0, 0.1) is 0 Å². The molecule has 1 aliphatic heterocycles. The molecular weight excluding hydrogens is 198 g/mol. The third-order valence-corrected chi connectivity index (χ3v) is 3.81. The van der Waals surface area contributed by atoms with Crippen LogP contribution in [0.1, 0.15) is 32.8 Å². The fourth-order valence-electron chi connectivity index (χ4n) is 2.84. The second-order valence-corrected chi connectivity index (χ2v) is 4.89. The summed E-state index contributed by atoms with van der Waals surface area (Å²) in [6, 6.07) is 3.93. The van der Waals surface area contributed by atoms with E-state index in [0.29, 0.717) is 0 Å². The predicted octanol–water partition coefficient (Wildman–Crippen LogP) is 2.40. The summed E-state index contributed by atoms with van der Waals surface area (Å²) in [4.78, 5) is 2.41. The lowest BCUT2D eigenvalue weighted by Crippen LogP contribution is -2.43. The number of nitrogen functional groups attached to an aromatic ring is 2. The van der Waals surface area contributed by atoms with E-state index >= 15 is 0 Å². The van der Waals surface area contributed by atoms with Crippen molar-refractivity contribution in [2.45, 2.75) is 39.2 Å². The van der Waals surface area contributed by atoms with Crippen LogP contribution in [0.4, 0.5) is 17.1 Å². The zero-order valence-electron chi connectivity index (χ0n) is 10.4. The predicted molar refractivity (Wildman–Crippen MR) is 70.7 cm³/mol. The molecule has 16 heavy (non-hydrogen) atoms. The van der Waals surface area contributed by atoms with Crippen molar-refractivity contribution >= 4 is 17.1 Å². The Morgan fingerprint density at radius 3 is 2.56 bits per heavy atom. The SMILES string of the molecule is CCN1c2c(N)cc(N)cc2CC1(C)CC. The minimum absolute atomic E-state index is 0.193. The smallest absolute Gasteiger partial charge is 0.0639 e. The maximum atomic E-state index is 6.09. The van der Waals surface area contributed by atoms with Gasteiger partial charge in [-0.05, 0) is 44.4 Å². The summed E-state index contributed by atoms with van der Waals surface area (Å²) >= 11 is 0. The van der Waals surface area contributed by atoms with Crippen LogP contribution in [0.25, 0.3) is 0 Å². The molecule has 0 saturated carbocycles. The lowest BCUT2D eigenvalue weighted by atomic mass is 9.93. The molecule has 0 bridgehead atoms. The Bertz CT molecular complexity index is 414.